The van der Waals surface area contributed by atoms with Crippen LogP contribution in [0.3, 0.4) is 0 Å². The molecule has 30 heavy (non-hydrogen) atoms. The molecule has 0 amide bonds. The molecule has 0 bridgehead atoms. The van der Waals surface area contributed by atoms with E-state index in [4.69, 9.17) is 21.3 Å². The van der Waals surface area contributed by atoms with Crippen molar-refractivity contribution < 1.29 is 4.74 Å². The molecule has 7 nitrogen and oxygen atoms in total. The van der Waals surface area contributed by atoms with Crippen molar-refractivity contribution in [3.63, 3.8) is 0 Å². The second kappa shape index (κ2) is 11.9. The van der Waals surface area contributed by atoms with Gasteiger partial charge in [-0.2, -0.15) is 5.10 Å². The van der Waals surface area contributed by atoms with Crippen molar-refractivity contribution in [3.05, 3.63) is 53.3 Å². The fourth-order valence-corrected chi connectivity index (χ4v) is 3.70. The Hall–Kier alpha value is -2.09. The van der Waals surface area contributed by atoms with Crippen LogP contribution in [0.25, 0.3) is 0 Å². The number of rotatable bonds is 9. The van der Waals surface area contributed by atoms with Gasteiger partial charge in [-0.1, -0.05) is 30.7 Å². The maximum absolute atomic E-state index is 6.07. The molecule has 1 fully saturated rings. The van der Waals surface area contributed by atoms with Gasteiger partial charge in [0.2, 0.25) is 0 Å². The van der Waals surface area contributed by atoms with E-state index in [1.807, 2.05) is 41.2 Å². The number of aliphatic imine (C=N–C) groups is 1. The van der Waals surface area contributed by atoms with Crippen LogP contribution < -0.4 is 10.6 Å². The fourth-order valence-electron chi connectivity index (χ4n) is 3.58. The number of hydrogen-bond acceptors (Lipinski definition) is 4. The third kappa shape index (κ3) is 7.00. The number of halogens is 1. The van der Waals surface area contributed by atoms with Crippen molar-refractivity contribution in [1.82, 2.24) is 25.3 Å². The van der Waals surface area contributed by atoms with Gasteiger partial charge in [0.05, 0.1) is 19.3 Å². The number of morpholine rings is 1. The number of hydrogen-bond donors (Lipinski definition) is 2. The van der Waals surface area contributed by atoms with Gasteiger partial charge in [-0.3, -0.25) is 14.6 Å². The number of ether oxygens (including phenoxy) is 1. The molecule has 2 heterocycles. The molecule has 0 spiro atoms. The molecule has 2 N–H and O–H groups in total. The van der Waals surface area contributed by atoms with Crippen LogP contribution in [0.4, 0.5) is 0 Å². The van der Waals surface area contributed by atoms with E-state index < -0.39 is 0 Å². The number of guanidine groups is 1. The molecule has 2 aromatic rings. The molecule has 0 radical (unpaired) electrons. The monoisotopic (exact) mass is 432 g/mol. The summed E-state index contributed by atoms with van der Waals surface area (Å²) in [5.74, 6) is 1.31. The topological polar surface area (TPSA) is 66.7 Å². The summed E-state index contributed by atoms with van der Waals surface area (Å²) in [6, 6.07) is 9.91. The summed E-state index contributed by atoms with van der Waals surface area (Å²) >= 11 is 6.07. The first-order chi connectivity index (χ1) is 14.7. The van der Waals surface area contributed by atoms with E-state index in [1.165, 1.54) is 0 Å². The van der Waals surface area contributed by atoms with Crippen LogP contribution in [0.1, 0.15) is 25.5 Å². The van der Waals surface area contributed by atoms with Gasteiger partial charge in [-0.25, -0.2) is 0 Å². The lowest BCUT2D eigenvalue weighted by atomic mass is 10.1. The Morgan fingerprint density at radius 2 is 2.00 bits per heavy atom. The Morgan fingerprint density at radius 3 is 2.67 bits per heavy atom. The first kappa shape index (κ1) is 22.6. The molecule has 1 aliphatic rings. The normalized spacial score (nSPS) is 17.5. The van der Waals surface area contributed by atoms with Gasteiger partial charge in [0, 0.05) is 56.7 Å². The molecule has 1 aromatic heterocycles. The van der Waals surface area contributed by atoms with Crippen molar-refractivity contribution in [1.29, 1.82) is 0 Å². The van der Waals surface area contributed by atoms with E-state index in [2.05, 4.69) is 34.5 Å². The molecule has 2 atom stereocenters. The third-order valence-electron chi connectivity index (χ3n) is 5.14. The molecule has 1 aliphatic heterocycles. The Morgan fingerprint density at radius 1 is 1.23 bits per heavy atom. The van der Waals surface area contributed by atoms with Crippen LogP contribution in [0.2, 0.25) is 5.02 Å². The predicted octanol–water partition coefficient (Wildman–Crippen LogP) is 2.65. The maximum atomic E-state index is 6.07. The Balaban J connectivity index is 1.60. The smallest absolute Gasteiger partial charge is 0.191 e. The van der Waals surface area contributed by atoms with Crippen LogP contribution >= 0.6 is 11.6 Å². The highest BCUT2D eigenvalue weighted by Crippen LogP contribution is 2.19. The first-order valence-electron chi connectivity index (χ1n) is 10.7. The van der Waals surface area contributed by atoms with Crippen molar-refractivity contribution in [3.8, 4) is 0 Å². The predicted molar refractivity (Wildman–Crippen MR) is 122 cm³/mol. The van der Waals surface area contributed by atoms with E-state index in [0.717, 1.165) is 62.5 Å². The summed E-state index contributed by atoms with van der Waals surface area (Å²) in [7, 11) is 0. The molecule has 164 valence electrons. The zero-order chi connectivity index (χ0) is 21.2. The van der Waals surface area contributed by atoms with Gasteiger partial charge in [0.1, 0.15) is 0 Å². The molecule has 1 aromatic carbocycles. The molecule has 3 rings (SSSR count). The van der Waals surface area contributed by atoms with Crippen LogP contribution in [-0.4, -0.2) is 73.1 Å². The van der Waals surface area contributed by atoms with Gasteiger partial charge in [-0.15, -0.1) is 0 Å². The van der Waals surface area contributed by atoms with Gasteiger partial charge < -0.3 is 15.4 Å². The lowest BCUT2D eigenvalue weighted by Gasteiger charge is -2.28. The minimum Gasteiger partial charge on any atom is -0.379 e. The zero-order valence-corrected chi connectivity index (χ0v) is 18.7. The lowest BCUT2D eigenvalue weighted by Crippen LogP contribution is -2.42. The highest BCUT2D eigenvalue weighted by Gasteiger charge is 2.16. The molecule has 8 heteroatoms. The first-order valence-corrected chi connectivity index (χ1v) is 11.1. The summed E-state index contributed by atoms with van der Waals surface area (Å²) < 4.78 is 7.39. The molecular formula is C22H33ClN6O. The van der Waals surface area contributed by atoms with E-state index in [0.29, 0.717) is 12.5 Å². The quantitative estimate of drug-likeness (QED) is 0.471. The Bertz CT molecular complexity index is 758. The highest BCUT2D eigenvalue weighted by molar-refractivity contribution is 6.30. The lowest BCUT2D eigenvalue weighted by molar-refractivity contribution is 0.0323. The summed E-state index contributed by atoms with van der Waals surface area (Å²) in [5.41, 5.74) is 1.15. The molecule has 0 aliphatic carbocycles. The number of nitrogens with one attached hydrogen (secondary N) is 2. The largest absolute Gasteiger partial charge is 0.379 e. The average molecular weight is 433 g/mol. The van der Waals surface area contributed by atoms with E-state index in [-0.39, 0.29) is 6.04 Å². The van der Waals surface area contributed by atoms with Gasteiger partial charge in [0.15, 0.2) is 5.96 Å². The average Bonchev–Trinajstić information content (AvgIpc) is 3.28. The van der Waals surface area contributed by atoms with Gasteiger partial charge in [-0.05, 0) is 36.6 Å². The standard InChI is InChI=1S/C22H33ClN6O/c1-3-24-22(25-15-18(2)17-28-11-13-30-14-12-28)26-16-21(29-10-4-9-27-29)19-5-7-20(23)8-6-19/h4-10,18,21H,3,11-17H2,1-2H3,(H2,24,25,26). The van der Waals surface area contributed by atoms with Crippen molar-refractivity contribution >= 4 is 17.6 Å². The van der Waals surface area contributed by atoms with Crippen molar-refractivity contribution in [2.45, 2.75) is 19.9 Å². The van der Waals surface area contributed by atoms with Crippen LogP contribution in [0.5, 0.6) is 0 Å². The van der Waals surface area contributed by atoms with E-state index in [9.17, 15) is 0 Å². The Kier molecular flexibility index (Phi) is 8.99. The van der Waals surface area contributed by atoms with E-state index >= 15 is 0 Å². The zero-order valence-electron chi connectivity index (χ0n) is 17.9. The second-order valence-corrected chi connectivity index (χ2v) is 8.11. The maximum Gasteiger partial charge on any atom is 0.191 e. The molecule has 0 saturated carbocycles. The Labute approximate surface area is 184 Å². The fraction of sp³-hybridized carbons (Fsp3) is 0.545. The summed E-state index contributed by atoms with van der Waals surface area (Å²) in [5, 5.41) is 12.0. The van der Waals surface area contributed by atoms with Crippen molar-refractivity contribution in [2.75, 3.05) is 52.5 Å². The van der Waals surface area contributed by atoms with E-state index in [1.54, 1.807) is 6.20 Å². The summed E-state index contributed by atoms with van der Waals surface area (Å²) in [6.07, 6.45) is 3.78. The third-order valence-corrected chi connectivity index (χ3v) is 5.39. The SMILES string of the molecule is CCNC(=NCC(C)CN1CCOCC1)NCC(c1ccc(Cl)cc1)n1cccn1. The van der Waals surface area contributed by atoms with Crippen LogP contribution in [0.15, 0.2) is 47.7 Å². The minimum absolute atomic E-state index is 0.0481. The molecule has 1 saturated heterocycles. The van der Waals surface area contributed by atoms with Gasteiger partial charge >= 0.3 is 0 Å². The van der Waals surface area contributed by atoms with Gasteiger partial charge in [0.25, 0.3) is 0 Å². The summed E-state index contributed by atoms with van der Waals surface area (Å²) in [4.78, 5) is 7.28. The minimum atomic E-state index is 0.0481. The van der Waals surface area contributed by atoms with Crippen molar-refractivity contribution in [2.24, 2.45) is 10.9 Å². The number of aromatic nitrogens is 2. The molecular weight excluding hydrogens is 400 g/mol. The number of nitrogens with zero attached hydrogens (tertiary/aromatic N) is 4. The number of benzene rings is 1. The second-order valence-electron chi connectivity index (χ2n) is 7.67. The van der Waals surface area contributed by atoms with Crippen LogP contribution in [0, 0.1) is 5.92 Å². The van der Waals surface area contributed by atoms with Crippen LogP contribution in [-0.2, 0) is 4.74 Å². The molecule has 2 unspecified atom stereocenters. The highest BCUT2D eigenvalue weighted by atomic mass is 35.5. The summed E-state index contributed by atoms with van der Waals surface area (Å²) in [6.45, 7) is 11.3.